The van der Waals surface area contributed by atoms with E-state index in [1.807, 2.05) is 12.1 Å². The molecule has 0 atom stereocenters. The fraction of sp³-hybridized carbons (Fsp3) is 0. The summed E-state index contributed by atoms with van der Waals surface area (Å²) < 4.78 is 2.40. The van der Waals surface area contributed by atoms with E-state index in [1.165, 1.54) is 49.9 Å². The molecule has 0 radical (unpaired) electrons. The van der Waals surface area contributed by atoms with Gasteiger partial charge in [-0.3, -0.25) is 0 Å². The summed E-state index contributed by atoms with van der Waals surface area (Å²) in [6, 6.07) is 91.7. The molecule has 326 valence electrons. The number of para-hydroxylation sites is 6. The molecule has 0 unspecified atom stereocenters. The molecule has 0 bridgehead atoms. The molecule has 0 aliphatic carbocycles. The average molecular weight is 892 g/mol. The summed E-state index contributed by atoms with van der Waals surface area (Å²) in [5.74, 6) is 0.675. The van der Waals surface area contributed by atoms with Crippen molar-refractivity contribution in [1.29, 1.82) is 0 Å². The number of fused-ring (bicyclic) bond motifs is 7. The quantitative estimate of drug-likeness (QED) is 0.149. The van der Waals surface area contributed by atoms with Crippen LogP contribution in [0.1, 0.15) is 0 Å². The van der Waals surface area contributed by atoms with E-state index in [2.05, 4.69) is 257 Å². The van der Waals surface area contributed by atoms with E-state index in [0.717, 1.165) is 67.3 Å². The first-order valence-corrected chi connectivity index (χ1v) is 23.9. The number of nitrogens with zero attached hydrogens (tertiary/aromatic N) is 5. The highest BCUT2D eigenvalue weighted by atomic mass is 15.2. The Morgan fingerprint density at radius 3 is 1.37 bits per heavy atom. The highest BCUT2D eigenvalue weighted by Crippen LogP contribution is 2.47. The third-order valence-corrected chi connectivity index (χ3v) is 14.2. The maximum absolute atomic E-state index is 5.30. The molecule has 4 heterocycles. The second-order valence-corrected chi connectivity index (χ2v) is 18.1. The summed E-state index contributed by atoms with van der Waals surface area (Å²) in [5.41, 5.74) is 21.3. The Balaban J connectivity index is 0.990. The molecule has 0 amide bonds. The van der Waals surface area contributed by atoms with Crippen molar-refractivity contribution in [1.82, 2.24) is 14.5 Å². The van der Waals surface area contributed by atoms with Crippen molar-refractivity contribution in [2.75, 3.05) is 9.80 Å². The zero-order chi connectivity index (χ0) is 46.1. The van der Waals surface area contributed by atoms with E-state index < -0.39 is 0 Å². The minimum atomic E-state index is 0.0491. The maximum Gasteiger partial charge on any atom is 0.252 e. The van der Waals surface area contributed by atoms with E-state index in [9.17, 15) is 0 Å². The molecule has 0 N–H and O–H groups in total. The topological polar surface area (TPSA) is 37.2 Å². The second-order valence-electron chi connectivity index (χ2n) is 18.1. The van der Waals surface area contributed by atoms with Gasteiger partial charge in [-0.1, -0.05) is 170 Å². The Kier molecular flexibility index (Phi) is 9.24. The zero-order valence-electron chi connectivity index (χ0n) is 38.1. The van der Waals surface area contributed by atoms with Crippen molar-refractivity contribution < 1.29 is 0 Å². The van der Waals surface area contributed by atoms with Crippen LogP contribution in [-0.4, -0.2) is 21.2 Å². The van der Waals surface area contributed by atoms with Gasteiger partial charge in [0.1, 0.15) is 0 Å². The molecule has 12 aromatic rings. The lowest BCUT2D eigenvalue weighted by Gasteiger charge is -2.44. The van der Waals surface area contributed by atoms with Crippen molar-refractivity contribution in [3.63, 3.8) is 0 Å². The van der Waals surface area contributed by atoms with Crippen molar-refractivity contribution in [3.05, 3.63) is 255 Å². The van der Waals surface area contributed by atoms with Crippen LogP contribution < -0.4 is 26.2 Å². The van der Waals surface area contributed by atoms with Crippen molar-refractivity contribution in [2.45, 2.75) is 0 Å². The van der Waals surface area contributed by atoms with Crippen LogP contribution in [0.3, 0.4) is 0 Å². The molecule has 0 saturated heterocycles. The van der Waals surface area contributed by atoms with Crippen LogP contribution in [0.25, 0.3) is 72.5 Å². The van der Waals surface area contributed by atoms with Gasteiger partial charge in [0.05, 0.1) is 28.1 Å². The van der Waals surface area contributed by atoms with E-state index in [-0.39, 0.29) is 6.71 Å². The first-order valence-electron chi connectivity index (χ1n) is 23.9. The Hall–Kier alpha value is -9.26. The first-order chi connectivity index (χ1) is 34.7. The van der Waals surface area contributed by atoms with Crippen LogP contribution >= 0.6 is 0 Å². The summed E-state index contributed by atoms with van der Waals surface area (Å²) in [6.07, 6.45) is 0. The van der Waals surface area contributed by atoms with E-state index >= 15 is 0 Å². The van der Waals surface area contributed by atoms with Gasteiger partial charge in [-0.25, -0.2) is 9.97 Å². The Morgan fingerprint density at radius 2 is 0.786 bits per heavy atom. The van der Waals surface area contributed by atoms with E-state index in [1.54, 1.807) is 0 Å². The lowest BCUT2D eigenvalue weighted by molar-refractivity contribution is 1.14. The number of benzene rings is 10. The fourth-order valence-corrected chi connectivity index (χ4v) is 11.1. The molecular weight excluding hydrogens is 850 g/mol. The van der Waals surface area contributed by atoms with Gasteiger partial charge in [-0.05, 0) is 112 Å². The number of anilines is 6. The first kappa shape index (κ1) is 39.9. The number of hydrogen-bond acceptors (Lipinski definition) is 4. The Morgan fingerprint density at radius 1 is 0.314 bits per heavy atom. The number of aromatic nitrogens is 3. The highest BCUT2D eigenvalue weighted by molar-refractivity contribution is 7.00. The predicted molar refractivity (Wildman–Crippen MR) is 292 cm³/mol. The molecule has 6 heteroatoms. The third kappa shape index (κ3) is 6.34. The Bertz CT molecular complexity index is 3800. The molecule has 70 heavy (non-hydrogen) atoms. The van der Waals surface area contributed by atoms with Gasteiger partial charge >= 0.3 is 0 Å². The van der Waals surface area contributed by atoms with Gasteiger partial charge in [0.15, 0.2) is 5.82 Å². The van der Waals surface area contributed by atoms with Gasteiger partial charge in [-0.15, -0.1) is 0 Å². The van der Waals surface area contributed by atoms with Crippen LogP contribution in [0, 0.1) is 0 Å². The molecule has 2 aliphatic heterocycles. The van der Waals surface area contributed by atoms with Crippen LogP contribution in [0.15, 0.2) is 255 Å². The summed E-state index contributed by atoms with van der Waals surface area (Å²) in [7, 11) is 0. The summed E-state index contributed by atoms with van der Waals surface area (Å²) in [5, 5.41) is 2.35. The average Bonchev–Trinajstić information content (AvgIpc) is 3.77. The highest BCUT2D eigenvalue weighted by Gasteiger charge is 2.43. The lowest BCUT2D eigenvalue weighted by atomic mass is 9.33. The molecular formula is C64H42BN5. The molecule has 2 aliphatic rings. The third-order valence-electron chi connectivity index (χ3n) is 14.2. The van der Waals surface area contributed by atoms with Gasteiger partial charge in [0.2, 0.25) is 0 Å². The normalized spacial score (nSPS) is 12.5. The van der Waals surface area contributed by atoms with Gasteiger partial charge < -0.3 is 14.4 Å². The van der Waals surface area contributed by atoms with Gasteiger partial charge in [0, 0.05) is 61.6 Å². The monoisotopic (exact) mass is 891 g/mol. The van der Waals surface area contributed by atoms with E-state index in [4.69, 9.17) is 9.97 Å². The number of rotatable bonds is 7. The summed E-state index contributed by atoms with van der Waals surface area (Å²) in [4.78, 5) is 15.5. The van der Waals surface area contributed by atoms with Crippen LogP contribution in [0.5, 0.6) is 0 Å². The fourth-order valence-electron chi connectivity index (χ4n) is 11.1. The standard InChI is InChI=1S/C64H42BN5/c1-5-21-43(22-6-1)54-42-55(44-23-7-2-8-24-44)67-64(66-54)50-30-14-18-34-57(50)70-56-33-17-13-29-49(56)51-39-45(37-38-58(51)70)46-40-61-63-62(41-46)69(48-27-11-4-12-28-48)60-36-20-16-32-53(60)65(63)52-31-15-19-35-59(52)68(61)47-25-9-3-10-26-47/h1-42H. The van der Waals surface area contributed by atoms with Crippen molar-refractivity contribution >= 4 is 79.0 Å². The maximum atomic E-state index is 5.30. The predicted octanol–water partition coefficient (Wildman–Crippen LogP) is 14.3. The largest absolute Gasteiger partial charge is 0.311 e. The number of hydrogen-bond donors (Lipinski definition) is 0. The summed E-state index contributed by atoms with van der Waals surface area (Å²) in [6.45, 7) is 0.0491. The molecule has 0 spiro atoms. The molecule has 0 saturated carbocycles. The summed E-state index contributed by atoms with van der Waals surface area (Å²) >= 11 is 0. The molecule has 10 aromatic carbocycles. The molecule has 2 aromatic heterocycles. The van der Waals surface area contributed by atoms with Gasteiger partial charge in [-0.2, -0.15) is 0 Å². The molecule has 14 rings (SSSR count). The molecule has 0 fully saturated rings. The van der Waals surface area contributed by atoms with Crippen LogP contribution in [0.4, 0.5) is 34.1 Å². The van der Waals surface area contributed by atoms with E-state index in [0.29, 0.717) is 5.82 Å². The van der Waals surface area contributed by atoms with Crippen molar-refractivity contribution in [3.8, 4) is 50.7 Å². The minimum Gasteiger partial charge on any atom is -0.311 e. The van der Waals surface area contributed by atoms with Gasteiger partial charge in [0.25, 0.3) is 6.71 Å². The SMILES string of the molecule is c1ccc(-c2cc(-c3ccccc3)nc(-c3ccccc3-n3c4ccccc4c4cc(-c5cc6c7c(c5)N(c5ccccc5)c5ccccc5B7c5ccccc5N6c5ccccc5)ccc43)n2)cc1. The van der Waals surface area contributed by atoms with Crippen LogP contribution in [-0.2, 0) is 0 Å². The Labute approximate surface area is 406 Å². The van der Waals surface area contributed by atoms with Crippen LogP contribution in [0.2, 0.25) is 0 Å². The van der Waals surface area contributed by atoms with Crippen molar-refractivity contribution in [2.24, 2.45) is 0 Å². The molecule has 5 nitrogen and oxygen atoms in total. The minimum absolute atomic E-state index is 0.0491. The lowest BCUT2D eigenvalue weighted by Crippen LogP contribution is -2.61. The smallest absolute Gasteiger partial charge is 0.252 e. The zero-order valence-corrected chi connectivity index (χ0v) is 38.1. The second kappa shape index (κ2) is 16.2.